The van der Waals surface area contributed by atoms with Gasteiger partial charge in [0.05, 0.1) is 6.61 Å². The van der Waals surface area contributed by atoms with Crippen molar-refractivity contribution >= 4 is 34.7 Å². The van der Waals surface area contributed by atoms with E-state index in [0.717, 1.165) is 28.4 Å². The molecule has 0 saturated carbocycles. The molecule has 0 atom stereocenters. The van der Waals surface area contributed by atoms with Gasteiger partial charge in [0.2, 0.25) is 5.95 Å². The van der Waals surface area contributed by atoms with Crippen LogP contribution in [0.1, 0.15) is 18.2 Å². The Balaban J connectivity index is 1.77. The number of hydrogen-bond donors (Lipinski definition) is 2. The number of hydrogen-bond acceptors (Lipinski definition) is 5. The van der Waals surface area contributed by atoms with Gasteiger partial charge in [-0.3, -0.25) is 0 Å². The van der Waals surface area contributed by atoms with E-state index in [1.807, 2.05) is 69.3 Å². The van der Waals surface area contributed by atoms with Crippen molar-refractivity contribution in [2.24, 2.45) is 0 Å². The molecule has 0 fully saturated rings. The van der Waals surface area contributed by atoms with E-state index in [1.165, 1.54) is 0 Å². The maximum absolute atomic E-state index is 6.19. The summed E-state index contributed by atoms with van der Waals surface area (Å²) < 4.78 is 5.45. The van der Waals surface area contributed by atoms with Crippen molar-refractivity contribution in [3.8, 4) is 5.75 Å². The Hall–Kier alpha value is -2.79. The van der Waals surface area contributed by atoms with E-state index in [-0.39, 0.29) is 0 Å². The Morgan fingerprint density at radius 2 is 1.65 bits per heavy atom. The summed E-state index contributed by atoms with van der Waals surface area (Å²) in [6.07, 6.45) is 0. The van der Waals surface area contributed by atoms with E-state index in [9.17, 15) is 0 Å². The monoisotopic (exact) mass is 368 g/mol. The van der Waals surface area contributed by atoms with Crippen molar-refractivity contribution in [2.75, 3.05) is 17.2 Å². The van der Waals surface area contributed by atoms with Crippen LogP contribution in [0.25, 0.3) is 0 Å². The maximum Gasteiger partial charge on any atom is 0.229 e. The van der Waals surface area contributed by atoms with E-state index in [2.05, 4.69) is 20.6 Å². The third-order valence-corrected chi connectivity index (χ3v) is 4.13. The van der Waals surface area contributed by atoms with Gasteiger partial charge in [0.15, 0.2) is 0 Å². The molecule has 3 rings (SSSR count). The molecule has 3 aromatic rings. The number of nitrogens with zero attached hydrogens (tertiary/aromatic N) is 2. The molecule has 0 radical (unpaired) electrons. The first-order valence-corrected chi connectivity index (χ1v) is 8.80. The van der Waals surface area contributed by atoms with Crippen molar-refractivity contribution < 1.29 is 4.74 Å². The minimum atomic E-state index is 0.523. The van der Waals surface area contributed by atoms with Crippen molar-refractivity contribution in [1.82, 2.24) is 9.97 Å². The van der Waals surface area contributed by atoms with E-state index in [0.29, 0.717) is 23.4 Å². The largest absolute Gasteiger partial charge is 0.494 e. The normalized spacial score (nSPS) is 10.5. The van der Waals surface area contributed by atoms with Crippen LogP contribution in [-0.4, -0.2) is 16.6 Å². The summed E-state index contributed by atoms with van der Waals surface area (Å²) in [5.74, 6) is 2.06. The number of ether oxygens (including phenoxy) is 1. The molecule has 1 aromatic heterocycles. The van der Waals surface area contributed by atoms with Crippen LogP contribution < -0.4 is 15.4 Å². The van der Waals surface area contributed by atoms with Gasteiger partial charge in [-0.15, -0.1) is 0 Å². The number of aromatic nitrogens is 2. The van der Waals surface area contributed by atoms with E-state index in [4.69, 9.17) is 16.3 Å². The molecule has 0 bridgehead atoms. The molecule has 0 spiro atoms. The zero-order valence-corrected chi connectivity index (χ0v) is 15.8. The van der Waals surface area contributed by atoms with E-state index < -0.39 is 0 Å². The SMILES string of the molecule is CCOc1ccc(Nc2nc(C)cc(Nc3ccc(C)c(Cl)c3)n2)cc1. The van der Waals surface area contributed by atoms with E-state index >= 15 is 0 Å². The smallest absolute Gasteiger partial charge is 0.229 e. The fraction of sp³-hybridized carbons (Fsp3) is 0.200. The van der Waals surface area contributed by atoms with Crippen molar-refractivity contribution in [3.05, 3.63) is 64.8 Å². The molecule has 1 heterocycles. The Kier molecular flexibility index (Phi) is 5.58. The van der Waals surface area contributed by atoms with Crippen LogP contribution in [0.3, 0.4) is 0 Å². The highest BCUT2D eigenvalue weighted by atomic mass is 35.5. The molecule has 26 heavy (non-hydrogen) atoms. The zero-order valence-electron chi connectivity index (χ0n) is 15.0. The van der Waals surface area contributed by atoms with Gasteiger partial charge in [0, 0.05) is 28.2 Å². The number of halogens is 1. The molecule has 6 heteroatoms. The lowest BCUT2D eigenvalue weighted by atomic mass is 10.2. The van der Waals surface area contributed by atoms with Crippen LogP contribution in [0, 0.1) is 13.8 Å². The fourth-order valence-electron chi connectivity index (χ4n) is 2.44. The van der Waals surface area contributed by atoms with Gasteiger partial charge in [0.1, 0.15) is 11.6 Å². The number of anilines is 4. The number of rotatable bonds is 6. The van der Waals surface area contributed by atoms with Gasteiger partial charge in [-0.25, -0.2) is 4.98 Å². The lowest BCUT2D eigenvalue weighted by Gasteiger charge is -2.11. The second-order valence-electron chi connectivity index (χ2n) is 5.89. The number of benzene rings is 2. The molecule has 0 aliphatic heterocycles. The third-order valence-electron chi connectivity index (χ3n) is 3.72. The van der Waals surface area contributed by atoms with Crippen molar-refractivity contribution in [3.63, 3.8) is 0 Å². The van der Waals surface area contributed by atoms with Crippen LogP contribution in [0.2, 0.25) is 5.02 Å². The first-order valence-electron chi connectivity index (χ1n) is 8.42. The predicted octanol–water partition coefficient (Wildman–Crippen LogP) is 5.63. The van der Waals surface area contributed by atoms with Crippen LogP contribution in [-0.2, 0) is 0 Å². The Bertz CT molecular complexity index is 897. The molecule has 0 aliphatic carbocycles. The summed E-state index contributed by atoms with van der Waals surface area (Å²) in [5, 5.41) is 7.20. The van der Waals surface area contributed by atoms with Gasteiger partial charge in [0.25, 0.3) is 0 Å². The average molecular weight is 369 g/mol. The standard InChI is InChI=1S/C20H21ClN4O/c1-4-26-17-9-7-15(8-10-17)24-20-22-14(3)11-19(25-20)23-16-6-5-13(2)18(21)12-16/h5-12H,4H2,1-3H3,(H2,22,23,24,25). The van der Waals surface area contributed by atoms with Crippen LogP contribution >= 0.6 is 11.6 Å². The highest BCUT2D eigenvalue weighted by molar-refractivity contribution is 6.31. The Morgan fingerprint density at radius 1 is 0.923 bits per heavy atom. The maximum atomic E-state index is 6.19. The van der Waals surface area contributed by atoms with Gasteiger partial charge >= 0.3 is 0 Å². The van der Waals surface area contributed by atoms with Gasteiger partial charge in [-0.05, 0) is 62.7 Å². The highest BCUT2D eigenvalue weighted by Crippen LogP contribution is 2.24. The summed E-state index contributed by atoms with van der Waals surface area (Å²) in [7, 11) is 0. The van der Waals surface area contributed by atoms with Crippen LogP contribution in [0.5, 0.6) is 5.75 Å². The lowest BCUT2D eigenvalue weighted by Crippen LogP contribution is -2.02. The van der Waals surface area contributed by atoms with E-state index in [1.54, 1.807) is 0 Å². The molecule has 134 valence electrons. The molecule has 0 unspecified atom stereocenters. The number of aryl methyl sites for hydroxylation is 2. The Morgan fingerprint density at radius 3 is 2.35 bits per heavy atom. The average Bonchev–Trinajstić information content (AvgIpc) is 2.60. The Labute approximate surface area is 158 Å². The molecule has 0 amide bonds. The first kappa shape index (κ1) is 18.0. The second kappa shape index (κ2) is 8.06. The van der Waals surface area contributed by atoms with Crippen molar-refractivity contribution in [1.29, 1.82) is 0 Å². The molecular weight excluding hydrogens is 348 g/mol. The summed E-state index contributed by atoms with van der Waals surface area (Å²) in [6.45, 7) is 6.51. The summed E-state index contributed by atoms with van der Waals surface area (Å²) >= 11 is 6.19. The summed E-state index contributed by atoms with van der Waals surface area (Å²) in [5.41, 5.74) is 3.66. The minimum Gasteiger partial charge on any atom is -0.494 e. The van der Waals surface area contributed by atoms with Crippen LogP contribution in [0.4, 0.5) is 23.1 Å². The number of nitrogens with one attached hydrogen (secondary N) is 2. The summed E-state index contributed by atoms with van der Waals surface area (Å²) in [4.78, 5) is 8.97. The van der Waals surface area contributed by atoms with Gasteiger partial charge < -0.3 is 15.4 Å². The third kappa shape index (κ3) is 4.64. The lowest BCUT2D eigenvalue weighted by molar-refractivity contribution is 0.340. The highest BCUT2D eigenvalue weighted by Gasteiger charge is 2.05. The summed E-state index contributed by atoms with van der Waals surface area (Å²) in [6, 6.07) is 15.4. The van der Waals surface area contributed by atoms with Gasteiger partial charge in [-0.1, -0.05) is 17.7 Å². The molecular formula is C20H21ClN4O. The molecule has 0 aliphatic rings. The first-order chi connectivity index (χ1) is 12.5. The minimum absolute atomic E-state index is 0.523. The predicted molar refractivity (Wildman–Crippen MR) is 107 cm³/mol. The molecule has 5 nitrogen and oxygen atoms in total. The second-order valence-corrected chi connectivity index (χ2v) is 6.30. The quantitative estimate of drug-likeness (QED) is 0.590. The van der Waals surface area contributed by atoms with Crippen molar-refractivity contribution in [2.45, 2.75) is 20.8 Å². The molecule has 0 saturated heterocycles. The molecule has 2 aromatic carbocycles. The fourth-order valence-corrected chi connectivity index (χ4v) is 2.62. The topological polar surface area (TPSA) is 59.1 Å². The molecule has 2 N–H and O–H groups in total. The van der Waals surface area contributed by atoms with Crippen LogP contribution in [0.15, 0.2) is 48.5 Å². The van der Waals surface area contributed by atoms with Gasteiger partial charge in [-0.2, -0.15) is 4.98 Å². The zero-order chi connectivity index (χ0) is 18.5.